The number of nitro benzene ring substituents is 1. The normalized spacial score (nSPS) is 10.5. The highest BCUT2D eigenvalue weighted by Crippen LogP contribution is 2.39. The summed E-state index contributed by atoms with van der Waals surface area (Å²) in [6, 6.07) is 22.8. The molecule has 1 heterocycles. The third kappa shape index (κ3) is 4.29. The van der Waals surface area contributed by atoms with E-state index in [2.05, 4.69) is 10.3 Å². The summed E-state index contributed by atoms with van der Waals surface area (Å²) < 4.78 is 5.27. The zero-order chi connectivity index (χ0) is 21.8. The smallest absolute Gasteiger partial charge is 0.269 e. The molecule has 154 valence electrons. The van der Waals surface area contributed by atoms with Gasteiger partial charge < -0.3 is 4.74 Å². The second-order valence-electron chi connectivity index (χ2n) is 6.52. The number of hydrogen-bond acceptors (Lipinski definition) is 6. The zero-order valence-corrected chi connectivity index (χ0v) is 17.3. The van der Waals surface area contributed by atoms with Crippen molar-refractivity contribution >= 4 is 28.1 Å². The number of methoxy groups -OCH3 is 1. The Morgan fingerprint density at radius 3 is 2.32 bits per heavy atom. The molecule has 4 rings (SSSR count). The molecule has 7 nitrogen and oxygen atoms in total. The summed E-state index contributed by atoms with van der Waals surface area (Å²) in [4.78, 5) is 28.8. The highest BCUT2D eigenvalue weighted by molar-refractivity contribution is 7.19. The SMILES string of the molecule is COc1ccccc1C(=O)Nc1nc(-c2ccccc2)c(-c2ccc([N+](=O)[O-])cc2)s1. The maximum absolute atomic E-state index is 12.8. The summed E-state index contributed by atoms with van der Waals surface area (Å²) in [5.74, 6) is 0.136. The number of anilines is 1. The first-order valence-corrected chi connectivity index (χ1v) is 10.1. The third-order valence-corrected chi connectivity index (χ3v) is 5.61. The minimum absolute atomic E-state index is 0.0132. The number of nitrogens with one attached hydrogen (secondary N) is 1. The molecule has 0 aliphatic rings. The lowest BCUT2D eigenvalue weighted by molar-refractivity contribution is -0.384. The summed E-state index contributed by atoms with van der Waals surface area (Å²) in [7, 11) is 1.51. The third-order valence-electron chi connectivity index (χ3n) is 4.59. The molecule has 0 aliphatic carbocycles. The number of ether oxygens (including phenoxy) is 1. The fraction of sp³-hybridized carbons (Fsp3) is 0.0435. The molecule has 0 spiro atoms. The first kappa shape index (κ1) is 20.2. The van der Waals surface area contributed by atoms with Gasteiger partial charge in [0.15, 0.2) is 5.13 Å². The molecule has 0 radical (unpaired) electrons. The number of hydrogen-bond donors (Lipinski definition) is 1. The first-order chi connectivity index (χ1) is 15.1. The highest BCUT2D eigenvalue weighted by atomic mass is 32.1. The van der Waals surface area contributed by atoms with Gasteiger partial charge in [-0.2, -0.15) is 0 Å². The molecule has 1 N–H and O–H groups in total. The molecule has 0 bridgehead atoms. The standard InChI is InChI=1S/C23H17N3O4S/c1-30-19-10-6-5-9-18(19)22(27)25-23-24-20(15-7-3-2-4-8-15)21(31-23)16-11-13-17(14-12-16)26(28)29/h2-14H,1H3,(H,24,25,27). The van der Waals surface area contributed by atoms with Crippen LogP contribution in [0.5, 0.6) is 5.75 Å². The van der Waals surface area contributed by atoms with Crippen molar-refractivity contribution in [3.05, 3.63) is 94.5 Å². The number of nitro groups is 1. The Hall–Kier alpha value is -4.04. The van der Waals surface area contributed by atoms with Crippen LogP contribution in [0.3, 0.4) is 0 Å². The van der Waals surface area contributed by atoms with Gasteiger partial charge in [-0.3, -0.25) is 20.2 Å². The number of carbonyl (C=O) groups is 1. The molecule has 3 aromatic carbocycles. The number of para-hydroxylation sites is 1. The molecular formula is C23H17N3O4S. The Labute approximate surface area is 182 Å². The van der Waals surface area contributed by atoms with E-state index in [0.717, 1.165) is 16.0 Å². The number of carbonyl (C=O) groups excluding carboxylic acids is 1. The number of benzene rings is 3. The Morgan fingerprint density at radius 1 is 0.968 bits per heavy atom. The maximum atomic E-state index is 12.8. The van der Waals surface area contributed by atoms with E-state index in [4.69, 9.17) is 4.74 Å². The van der Waals surface area contributed by atoms with E-state index in [9.17, 15) is 14.9 Å². The fourth-order valence-electron chi connectivity index (χ4n) is 3.09. The molecule has 31 heavy (non-hydrogen) atoms. The number of thiazole rings is 1. The van der Waals surface area contributed by atoms with Crippen molar-refractivity contribution in [2.75, 3.05) is 12.4 Å². The van der Waals surface area contributed by atoms with Crippen molar-refractivity contribution in [1.29, 1.82) is 0 Å². The summed E-state index contributed by atoms with van der Waals surface area (Å²) in [6.07, 6.45) is 0. The molecule has 0 unspecified atom stereocenters. The molecule has 0 aliphatic heterocycles. The van der Waals surface area contributed by atoms with Gasteiger partial charge in [0.25, 0.3) is 11.6 Å². The van der Waals surface area contributed by atoms with Crippen LogP contribution in [0.1, 0.15) is 10.4 Å². The summed E-state index contributed by atoms with van der Waals surface area (Å²) in [5, 5.41) is 14.3. The van der Waals surface area contributed by atoms with Gasteiger partial charge >= 0.3 is 0 Å². The minimum Gasteiger partial charge on any atom is -0.496 e. The van der Waals surface area contributed by atoms with Gasteiger partial charge in [0.2, 0.25) is 0 Å². The van der Waals surface area contributed by atoms with Crippen LogP contribution in [-0.2, 0) is 0 Å². The zero-order valence-electron chi connectivity index (χ0n) is 16.4. The van der Waals surface area contributed by atoms with E-state index in [-0.39, 0.29) is 11.6 Å². The molecule has 0 atom stereocenters. The molecule has 0 fully saturated rings. The van der Waals surface area contributed by atoms with Crippen molar-refractivity contribution in [1.82, 2.24) is 4.98 Å². The lowest BCUT2D eigenvalue weighted by Crippen LogP contribution is -2.12. The predicted molar refractivity (Wildman–Crippen MR) is 121 cm³/mol. The van der Waals surface area contributed by atoms with Crippen molar-refractivity contribution in [3.63, 3.8) is 0 Å². The van der Waals surface area contributed by atoms with E-state index in [1.807, 2.05) is 30.3 Å². The van der Waals surface area contributed by atoms with Gasteiger partial charge in [0.1, 0.15) is 5.75 Å². The van der Waals surface area contributed by atoms with E-state index in [0.29, 0.717) is 22.1 Å². The van der Waals surface area contributed by atoms with Gasteiger partial charge in [-0.1, -0.05) is 53.8 Å². The van der Waals surface area contributed by atoms with Crippen LogP contribution in [-0.4, -0.2) is 22.9 Å². The molecule has 1 amide bonds. The molecule has 0 saturated heterocycles. The van der Waals surface area contributed by atoms with Crippen LogP contribution in [0.25, 0.3) is 21.7 Å². The van der Waals surface area contributed by atoms with E-state index >= 15 is 0 Å². The molecule has 1 aromatic heterocycles. The van der Waals surface area contributed by atoms with E-state index < -0.39 is 4.92 Å². The average Bonchev–Trinajstić information content (AvgIpc) is 3.23. The second-order valence-corrected chi connectivity index (χ2v) is 7.52. The lowest BCUT2D eigenvalue weighted by Gasteiger charge is -2.07. The minimum atomic E-state index is -0.437. The quantitative estimate of drug-likeness (QED) is 0.315. The van der Waals surface area contributed by atoms with Crippen molar-refractivity contribution in [2.24, 2.45) is 0 Å². The van der Waals surface area contributed by atoms with E-state index in [1.165, 1.54) is 30.6 Å². The van der Waals surface area contributed by atoms with Crippen molar-refractivity contribution < 1.29 is 14.5 Å². The van der Waals surface area contributed by atoms with Crippen LogP contribution in [0.15, 0.2) is 78.9 Å². The van der Waals surface area contributed by atoms with Crippen LogP contribution < -0.4 is 10.1 Å². The number of rotatable bonds is 6. The fourth-order valence-corrected chi connectivity index (χ4v) is 4.08. The predicted octanol–water partition coefficient (Wildman–Crippen LogP) is 5.65. The van der Waals surface area contributed by atoms with Crippen molar-refractivity contribution in [3.8, 4) is 27.4 Å². The number of non-ortho nitro benzene ring substituents is 1. The first-order valence-electron chi connectivity index (χ1n) is 9.32. The highest BCUT2D eigenvalue weighted by Gasteiger charge is 2.19. The Morgan fingerprint density at radius 2 is 1.65 bits per heavy atom. The van der Waals surface area contributed by atoms with E-state index in [1.54, 1.807) is 36.4 Å². The summed E-state index contributed by atoms with van der Waals surface area (Å²) in [5.41, 5.74) is 2.76. The maximum Gasteiger partial charge on any atom is 0.269 e. The number of amides is 1. The number of nitrogens with zero attached hydrogens (tertiary/aromatic N) is 2. The van der Waals surface area contributed by atoms with Gasteiger partial charge in [0, 0.05) is 17.7 Å². The molecular weight excluding hydrogens is 414 g/mol. The average molecular weight is 431 g/mol. The molecule has 4 aromatic rings. The van der Waals surface area contributed by atoms with Crippen LogP contribution in [0.4, 0.5) is 10.8 Å². The van der Waals surface area contributed by atoms with Gasteiger partial charge in [-0.05, 0) is 29.8 Å². The lowest BCUT2D eigenvalue weighted by atomic mass is 10.1. The Balaban J connectivity index is 1.73. The van der Waals surface area contributed by atoms with Crippen LogP contribution in [0, 0.1) is 10.1 Å². The Bertz CT molecular complexity index is 1240. The van der Waals surface area contributed by atoms with Crippen LogP contribution in [0.2, 0.25) is 0 Å². The topological polar surface area (TPSA) is 94.4 Å². The summed E-state index contributed by atoms with van der Waals surface area (Å²) in [6.45, 7) is 0. The Kier molecular flexibility index (Phi) is 5.72. The largest absolute Gasteiger partial charge is 0.496 e. The monoisotopic (exact) mass is 431 g/mol. The van der Waals surface area contributed by atoms with Crippen molar-refractivity contribution in [2.45, 2.75) is 0 Å². The van der Waals surface area contributed by atoms with Gasteiger partial charge in [-0.25, -0.2) is 4.98 Å². The molecule has 0 saturated carbocycles. The van der Waals surface area contributed by atoms with Gasteiger partial charge in [-0.15, -0.1) is 0 Å². The van der Waals surface area contributed by atoms with Crippen LogP contribution >= 0.6 is 11.3 Å². The second kappa shape index (κ2) is 8.76. The van der Waals surface area contributed by atoms with Gasteiger partial charge in [0.05, 0.1) is 28.2 Å². The summed E-state index contributed by atoms with van der Waals surface area (Å²) >= 11 is 1.30. The number of aromatic nitrogens is 1. The molecule has 8 heteroatoms.